The second-order valence-electron chi connectivity index (χ2n) is 5.86. The quantitative estimate of drug-likeness (QED) is 0.864. The van der Waals surface area contributed by atoms with Gasteiger partial charge in [0.2, 0.25) is 15.9 Å². The zero-order valence-electron chi connectivity index (χ0n) is 13.9. The lowest BCUT2D eigenvalue weighted by atomic mass is 10.2. The van der Waals surface area contributed by atoms with Crippen LogP contribution in [0.25, 0.3) is 0 Å². The number of sulfonamides is 1. The number of aromatic nitrogens is 2. The van der Waals surface area contributed by atoms with Gasteiger partial charge in [-0.05, 0) is 26.0 Å². The molecule has 1 aromatic carbocycles. The molecule has 2 atom stereocenters. The summed E-state index contributed by atoms with van der Waals surface area (Å²) in [5, 5.41) is 13.6. The first-order chi connectivity index (χ1) is 11.8. The summed E-state index contributed by atoms with van der Waals surface area (Å²) in [5.74, 6) is -0.319. The molecule has 0 bridgehead atoms. The molecule has 0 amide bonds. The molecule has 0 radical (unpaired) electrons. The minimum absolute atomic E-state index is 0.0398. The van der Waals surface area contributed by atoms with Crippen LogP contribution in [0.4, 0.5) is 4.39 Å². The highest BCUT2D eigenvalue weighted by Gasteiger charge is 2.44. The van der Waals surface area contributed by atoms with E-state index in [0.29, 0.717) is 5.82 Å². The number of aliphatic hydroxyl groups is 1. The van der Waals surface area contributed by atoms with Crippen LogP contribution in [-0.2, 0) is 10.0 Å². The number of rotatable bonds is 4. The zero-order valence-corrected chi connectivity index (χ0v) is 14.7. The van der Waals surface area contributed by atoms with E-state index in [1.54, 1.807) is 6.92 Å². The van der Waals surface area contributed by atoms with Crippen molar-refractivity contribution in [1.82, 2.24) is 14.4 Å². The van der Waals surface area contributed by atoms with Gasteiger partial charge in [0.1, 0.15) is 6.04 Å². The fourth-order valence-corrected chi connectivity index (χ4v) is 4.78. The summed E-state index contributed by atoms with van der Waals surface area (Å²) in [6.07, 6.45) is -0.756. The van der Waals surface area contributed by atoms with E-state index in [4.69, 9.17) is 9.26 Å². The van der Waals surface area contributed by atoms with Crippen LogP contribution >= 0.6 is 0 Å². The minimum atomic E-state index is -4.09. The van der Waals surface area contributed by atoms with Crippen molar-refractivity contribution in [2.24, 2.45) is 0 Å². The van der Waals surface area contributed by atoms with Gasteiger partial charge in [0.05, 0.1) is 18.1 Å². The summed E-state index contributed by atoms with van der Waals surface area (Å²) >= 11 is 0. The lowest BCUT2D eigenvalue weighted by Crippen LogP contribution is -2.32. The van der Waals surface area contributed by atoms with E-state index in [2.05, 4.69) is 10.1 Å². The van der Waals surface area contributed by atoms with Gasteiger partial charge in [0.25, 0.3) is 0 Å². The van der Waals surface area contributed by atoms with E-state index >= 15 is 0 Å². The number of methoxy groups -OCH3 is 1. The van der Waals surface area contributed by atoms with E-state index in [1.807, 2.05) is 0 Å². The smallest absolute Gasteiger partial charge is 0.245 e. The Morgan fingerprint density at radius 2 is 2.12 bits per heavy atom. The summed E-state index contributed by atoms with van der Waals surface area (Å²) < 4.78 is 51.4. The van der Waals surface area contributed by atoms with E-state index < -0.39 is 28.0 Å². The fraction of sp³-hybridized carbons (Fsp3) is 0.467. The monoisotopic (exact) mass is 371 g/mol. The average Bonchev–Trinajstić information content (AvgIpc) is 3.15. The topological polar surface area (TPSA) is 106 Å². The van der Waals surface area contributed by atoms with Crippen molar-refractivity contribution < 1.29 is 27.2 Å². The third-order valence-electron chi connectivity index (χ3n) is 4.17. The second kappa shape index (κ2) is 6.36. The van der Waals surface area contributed by atoms with Crippen LogP contribution in [0.5, 0.6) is 5.75 Å². The number of hydrogen-bond donors (Lipinski definition) is 1. The Balaban J connectivity index is 2.05. The number of ether oxygens (including phenoxy) is 1. The van der Waals surface area contributed by atoms with Gasteiger partial charge in [0.15, 0.2) is 17.4 Å². The third kappa shape index (κ3) is 3.00. The van der Waals surface area contributed by atoms with Gasteiger partial charge >= 0.3 is 0 Å². The van der Waals surface area contributed by atoms with Gasteiger partial charge in [-0.3, -0.25) is 0 Å². The van der Waals surface area contributed by atoms with Gasteiger partial charge < -0.3 is 14.4 Å². The van der Waals surface area contributed by atoms with Gasteiger partial charge in [-0.2, -0.15) is 9.29 Å². The predicted molar refractivity (Wildman–Crippen MR) is 84.0 cm³/mol. The van der Waals surface area contributed by atoms with Crippen LogP contribution in [0.1, 0.15) is 29.7 Å². The third-order valence-corrected chi connectivity index (χ3v) is 6.19. The first-order valence-corrected chi connectivity index (χ1v) is 9.03. The number of halogens is 1. The molecule has 3 rings (SSSR count). The number of hydrogen-bond acceptors (Lipinski definition) is 7. The second-order valence-corrected chi connectivity index (χ2v) is 7.72. The molecule has 2 aromatic rings. The number of aryl methyl sites for hydroxylation is 1. The largest absolute Gasteiger partial charge is 0.494 e. The number of benzene rings is 1. The molecule has 1 aliphatic rings. The van der Waals surface area contributed by atoms with Crippen molar-refractivity contribution in [3.63, 3.8) is 0 Å². The van der Waals surface area contributed by atoms with Crippen LogP contribution < -0.4 is 4.74 Å². The molecular formula is C15H18FN3O5S. The highest BCUT2D eigenvalue weighted by molar-refractivity contribution is 7.89. The van der Waals surface area contributed by atoms with Gasteiger partial charge in [-0.1, -0.05) is 5.16 Å². The molecular weight excluding hydrogens is 353 g/mol. The molecule has 0 saturated carbocycles. The molecule has 25 heavy (non-hydrogen) atoms. The van der Waals surface area contributed by atoms with Crippen molar-refractivity contribution in [1.29, 1.82) is 0 Å². The molecule has 8 nitrogen and oxygen atoms in total. The molecule has 136 valence electrons. The average molecular weight is 371 g/mol. The highest BCUT2D eigenvalue weighted by Crippen LogP contribution is 2.38. The van der Waals surface area contributed by atoms with E-state index in [1.165, 1.54) is 26.2 Å². The number of nitrogens with zero attached hydrogens (tertiary/aromatic N) is 3. The zero-order chi connectivity index (χ0) is 18.4. The fourth-order valence-electron chi connectivity index (χ4n) is 2.93. The molecule has 0 unspecified atom stereocenters. The van der Waals surface area contributed by atoms with Crippen molar-refractivity contribution in [2.45, 2.75) is 37.3 Å². The number of β-amino-alcohol motifs (C(OH)–C–C–N with tert-alkyl or cyclic N) is 1. The van der Waals surface area contributed by atoms with Crippen molar-refractivity contribution >= 4 is 10.0 Å². The molecule has 2 heterocycles. The van der Waals surface area contributed by atoms with E-state index in [9.17, 15) is 17.9 Å². The molecule has 1 aliphatic heterocycles. The number of aliphatic hydroxyl groups excluding tert-OH is 1. The Kier molecular flexibility index (Phi) is 4.52. The molecule has 1 aromatic heterocycles. The summed E-state index contributed by atoms with van der Waals surface area (Å²) in [7, 11) is -2.79. The van der Waals surface area contributed by atoms with Crippen molar-refractivity contribution in [3.8, 4) is 5.75 Å². The Labute approximate surface area is 144 Å². The standard InChI is InChI=1S/C15H18FN3O5S/c1-8-13(5-4-12(23-3)14(8)16)25(21,22)19-7-10(20)6-11(19)15-17-9(2)18-24-15/h4-5,10-11,20H,6-7H2,1-3H3/t10-,11+/m0/s1. The van der Waals surface area contributed by atoms with Crippen LogP contribution in [0.15, 0.2) is 21.6 Å². The summed E-state index contributed by atoms with van der Waals surface area (Å²) in [6.45, 7) is 2.84. The highest BCUT2D eigenvalue weighted by atomic mass is 32.2. The van der Waals surface area contributed by atoms with Gasteiger partial charge in [-0.25, -0.2) is 12.8 Å². The molecule has 0 spiro atoms. The van der Waals surface area contributed by atoms with Crippen LogP contribution in [0, 0.1) is 19.7 Å². The summed E-state index contributed by atoms with van der Waals surface area (Å²) in [5.41, 5.74) is -0.0544. The normalized spacial score (nSPS) is 21.6. The Morgan fingerprint density at radius 3 is 2.72 bits per heavy atom. The van der Waals surface area contributed by atoms with Gasteiger partial charge in [-0.15, -0.1) is 0 Å². The Bertz CT molecular complexity index is 899. The van der Waals surface area contributed by atoms with Crippen molar-refractivity contribution in [2.75, 3.05) is 13.7 Å². The lowest BCUT2D eigenvalue weighted by Gasteiger charge is -2.22. The summed E-state index contributed by atoms with van der Waals surface area (Å²) in [6, 6.07) is 1.74. The molecule has 1 N–H and O–H groups in total. The minimum Gasteiger partial charge on any atom is -0.494 e. The Hall–Kier alpha value is -2.04. The first kappa shape index (κ1) is 17.8. The van der Waals surface area contributed by atoms with Gasteiger partial charge in [0, 0.05) is 18.5 Å². The lowest BCUT2D eigenvalue weighted by molar-refractivity contribution is 0.188. The summed E-state index contributed by atoms with van der Waals surface area (Å²) in [4.78, 5) is 3.87. The molecule has 1 saturated heterocycles. The van der Waals surface area contributed by atoms with Crippen LogP contribution in [0.2, 0.25) is 0 Å². The Morgan fingerprint density at radius 1 is 1.40 bits per heavy atom. The predicted octanol–water partition coefficient (Wildman–Crippen LogP) is 1.33. The maximum absolute atomic E-state index is 14.3. The molecule has 0 aliphatic carbocycles. The van der Waals surface area contributed by atoms with Crippen LogP contribution in [-0.4, -0.2) is 47.7 Å². The molecule has 1 fully saturated rings. The first-order valence-electron chi connectivity index (χ1n) is 7.59. The van der Waals surface area contributed by atoms with Crippen molar-refractivity contribution in [3.05, 3.63) is 35.2 Å². The maximum Gasteiger partial charge on any atom is 0.245 e. The molecule has 10 heteroatoms. The van der Waals surface area contributed by atoms with E-state index in [0.717, 1.165) is 4.31 Å². The van der Waals surface area contributed by atoms with E-state index in [-0.39, 0.29) is 35.1 Å². The van der Waals surface area contributed by atoms with Crippen LogP contribution in [0.3, 0.4) is 0 Å². The SMILES string of the molecule is COc1ccc(S(=O)(=O)N2C[C@@H](O)C[C@@H]2c2nc(C)no2)c(C)c1F. The maximum atomic E-state index is 14.3.